The van der Waals surface area contributed by atoms with Gasteiger partial charge in [-0.15, -0.1) is 0 Å². The number of nitrogens with one attached hydrogen (secondary N) is 1. The van der Waals surface area contributed by atoms with Crippen molar-refractivity contribution >= 4 is 17.6 Å². The van der Waals surface area contributed by atoms with Gasteiger partial charge in [0.2, 0.25) is 0 Å². The fourth-order valence-corrected chi connectivity index (χ4v) is 3.43. The van der Waals surface area contributed by atoms with Crippen LogP contribution >= 0.6 is 0 Å². The van der Waals surface area contributed by atoms with Gasteiger partial charge in [0.1, 0.15) is 18.1 Å². The number of methoxy groups -OCH3 is 1. The summed E-state index contributed by atoms with van der Waals surface area (Å²) in [4.78, 5) is 24.4. The lowest BCUT2D eigenvalue weighted by atomic mass is 10.1. The maximum absolute atomic E-state index is 12.7. The summed E-state index contributed by atoms with van der Waals surface area (Å²) in [6.07, 6.45) is 0. The Labute approximate surface area is 209 Å². The number of rotatable bonds is 6. The van der Waals surface area contributed by atoms with E-state index < -0.39 is 5.97 Å². The van der Waals surface area contributed by atoms with E-state index in [1.165, 1.54) is 7.11 Å². The summed E-state index contributed by atoms with van der Waals surface area (Å²) in [6, 6.07) is 21.1. The first kappa shape index (κ1) is 24.3. The molecule has 3 aromatic carbocycles. The summed E-state index contributed by atoms with van der Waals surface area (Å²) in [5.74, 6) is 6.80. The van der Waals surface area contributed by atoms with Crippen LogP contribution in [-0.4, -0.2) is 24.1 Å². The number of ether oxygens (including phenoxy) is 2. The third-order valence-corrected chi connectivity index (χ3v) is 5.44. The third-order valence-electron chi connectivity index (χ3n) is 5.44. The Kier molecular flexibility index (Phi) is 7.47. The van der Waals surface area contributed by atoms with E-state index in [-0.39, 0.29) is 5.91 Å². The van der Waals surface area contributed by atoms with Gasteiger partial charge in [-0.05, 0) is 74.5 Å². The van der Waals surface area contributed by atoms with Crippen LogP contribution in [0.2, 0.25) is 0 Å². The monoisotopic (exact) mass is 480 g/mol. The highest BCUT2D eigenvalue weighted by atomic mass is 16.5. The number of aromatic nitrogens is 1. The minimum Gasteiger partial charge on any atom is -0.489 e. The predicted molar refractivity (Wildman–Crippen MR) is 135 cm³/mol. The Bertz CT molecular complexity index is 1440. The second kappa shape index (κ2) is 11.1. The van der Waals surface area contributed by atoms with Crippen LogP contribution in [0.3, 0.4) is 0 Å². The molecule has 0 aliphatic rings. The van der Waals surface area contributed by atoms with Crippen molar-refractivity contribution in [2.45, 2.75) is 20.5 Å². The molecule has 4 rings (SSSR count). The van der Waals surface area contributed by atoms with E-state index in [0.717, 1.165) is 22.6 Å². The molecule has 0 bridgehead atoms. The molecule has 7 nitrogen and oxygen atoms in total. The Hall–Kier alpha value is -4.83. The van der Waals surface area contributed by atoms with E-state index >= 15 is 0 Å². The molecule has 1 N–H and O–H groups in total. The van der Waals surface area contributed by atoms with Gasteiger partial charge in [0.25, 0.3) is 5.91 Å². The van der Waals surface area contributed by atoms with Crippen LogP contribution in [0, 0.1) is 25.7 Å². The van der Waals surface area contributed by atoms with Gasteiger partial charge in [0.15, 0.2) is 0 Å². The van der Waals surface area contributed by atoms with Gasteiger partial charge in [-0.2, -0.15) is 0 Å². The summed E-state index contributed by atoms with van der Waals surface area (Å²) in [5.41, 5.74) is 4.67. The molecule has 0 saturated carbocycles. The number of amides is 1. The first-order chi connectivity index (χ1) is 17.4. The highest BCUT2D eigenvalue weighted by Crippen LogP contribution is 2.19. The minimum atomic E-state index is -0.414. The van der Waals surface area contributed by atoms with Crippen molar-refractivity contribution in [2.75, 3.05) is 12.4 Å². The summed E-state index contributed by atoms with van der Waals surface area (Å²) in [7, 11) is 1.34. The van der Waals surface area contributed by atoms with Gasteiger partial charge in [-0.3, -0.25) is 4.79 Å². The molecule has 0 fully saturated rings. The molecular weight excluding hydrogens is 456 g/mol. The van der Waals surface area contributed by atoms with Gasteiger partial charge in [0, 0.05) is 22.4 Å². The minimum absolute atomic E-state index is 0.247. The fourth-order valence-electron chi connectivity index (χ4n) is 3.43. The average molecular weight is 481 g/mol. The van der Waals surface area contributed by atoms with Gasteiger partial charge in [-0.1, -0.05) is 29.1 Å². The van der Waals surface area contributed by atoms with Crippen LogP contribution in [0.1, 0.15) is 48.9 Å². The maximum Gasteiger partial charge on any atom is 0.337 e. The molecule has 7 heteroatoms. The highest BCUT2D eigenvalue weighted by Gasteiger charge is 2.11. The molecule has 36 heavy (non-hydrogen) atoms. The van der Waals surface area contributed by atoms with Crippen molar-refractivity contribution < 1.29 is 23.6 Å². The molecule has 1 heterocycles. The smallest absolute Gasteiger partial charge is 0.337 e. The number of hydrogen-bond donors (Lipinski definition) is 1. The van der Waals surface area contributed by atoms with Crippen molar-refractivity contribution in [3.63, 3.8) is 0 Å². The molecule has 180 valence electrons. The Morgan fingerprint density at radius 2 is 1.61 bits per heavy atom. The first-order valence-electron chi connectivity index (χ1n) is 11.2. The Balaban J connectivity index is 1.39. The number of nitrogens with zero attached hydrogens (tertiary/aromatic N) is 1. The van der Waals surface area contributed by atoms with Crippen LogP contribution in [0.5, 0.6) is 5.75 Å². The molecule has 0 aliphatic heterocycles. The number of carbonyl (C=O) groups excluding carboxylic acids is 2. The quantitative estimate of drug-likeness (QED) is 0.297. The molecule has 0 radical (unpaired) electrons. The van der Waals surface area contributed by atoms with Crippen LogP contribution in [0.4, 0.5) is 5.69 Å². The number of aryl methyl sites for hydroxylation is 2. The molecular formula is C29H24N2O5. The van der Waals surface area contributed by atoms with E-state index in [0.29, 0.717) is 34.7 Å². The van der Waals surface area contributed by atoms with Crippen LogP contribution in [-0.2, 0) is 11.3 Å². The first-order valence-corrected chi connectivity index (χ1v) is 11.2. The number of benzene rings is 3. The molecule has 0 aliphatic carbocycles. The zero-order chi connectivity index (χ0) is 25.5. The lowest BCUT2D eigenvalue weighted by Crippen LogP contribution is -2.11. The van der Waals surface area contributed by atoms with Crippen LogP contribution in [0.15, 0.2) is 77.3 Å². The van der Waals surface area contributed by atoms with Gasteiger partial charge < -0.3 is 19.3 Å². The number of esters is 1. The summed E-state index contributed by atoms with van der Waals surface area (Å²) in [5, 5.41) is 6.81. The zero-order valence-electron chi connectivity index (χ0n) is 20.1. The van der Waals surface area contributed by atoms with E-state index in [2.05, 4.69) is 22.3 Å². The highest BCUT2D eigenvalue weighted by molar-refractivity contribution is 6.04. The number of carbonyl (C=O) groups is 2. The van der Waals surface area contributed by atoms with Crippen molar-refractivity contribution in [1.29, 1.82) is 0 Å². The predicted octanol–water partition coefficient (Wildman–Crippen LogP) is 5.31. The number of anilines is 1. The van der Waals surface area contributed by atoms with E-state index in [1.54, 1.807) is 54.6 Å². The molecule has 0 unspecified atom stereocenters. The van der Waals surface area contributed by atoms with Crippen molar-refractivity contribution in [2.24, 2.45) is 0 Å². The normalized spacial score (nSPS) is 10.2. The maximum atomic E-state index is 12.7. The van der Waals surface area contributed by atoms with Crippen molar-refractivity contribution in [3.8, 4) is 17.6 Å². The summed E-state index contributed by atoms with van der Waals surface area (Å²) in [6.45, 7) is 4.05. The van der Waals surface area contributed by atoms with Crippen LogP contribution < -0.4 is 10.1 Å². The summed E-state index contributed by atoms with van der Waals surface area (Å²) >= 11 is 0. The molecule has 0 spiro atoms. The molecule has 0 atom stereocenters. The van der Waals surface area contributed by atoms with Gasteiger partial charge >= 0.3 is 5.97 Å². The van der Waals surface area contributed by atoms with Gasteiger partial charge in [0.05, 0.1) is 23.9 Å². The molecule has 1 amide bonds. The third kappa shape index (κ3) is 5.99. The fraction of sp³-hybridized carbons (Fsp3) is 0.138. The van der Waals surface area contributed by atoms with Crippen LogP contribution in [0.25, 0.3) is 0 Å². The standard InChI is InChI=1S/C29H24N2O5/c1-19-27(20(2)36-31-19)18-35-26-14-12-23(13-15-26)28(32)30-25-9-5-7-22(17-25)11-10-21-6-4-8-24(16-21)29(33)34-3/h4-9,12-17H,18H2,1-3H3,(H,30,32). The second-order valence-corrected chi connectivity index (χ2v) is 7.97. The largest absolute Gasteiger partial charge is 0.489 e. The van der Waals surface area contributed by atoms with E-state index in [4.69, 9.17) is 14.0 Å². The number of hydrogen-bond acceptors (Lipinski definition) is 6. The second-order valence-electron chi connectivity index (χ2n) is 7.97. The summed E-state index contributed by atoms with van der Waals surface area (Å²) < 4.78 is 15.7. The Morgan fingerprint density at radius 1 is 0.917 bits per heavy atom. The Morgan fingerprint density at radius 3 is 2.28 bits per heavy atom. The SMILES string of the molecule is COC(=O)c1cccc(C#Cc2cccc(NC(=O)c3ccc(OCc4c(C)noc4C)cc3)c2)c1. The lowest BCUT2D eigenvalue weighted by Gasteiger charge is -2.08. The van der Waals surface area contributed by atoms with Gasteiger partial charge in [-0.25, -0.2) is 4.79 Å². The van der Waals surface area contributed by atoms with E-state index in [1.807, 2.05) is 32.0 Å². The molecule has 0 saturated heterocycles. The average Bonchev–Trinajstić information content (AvgIpc) is 3.23. The van der Waals surface area contributed by atoms with Crippen molar-refractivity contribution in [1.82, 2.24) is 5.16 Å². The van der Waals surface area contributed by atoms with Crippen molar-refractivity contribution in [3.05, 3.63) is 112 Å². The van der Waals surface area contributed by atoms with E-state index in [9.17, 15) is 9.59 Å². The zero-order valence-corrected chi connectivity index (χ0v) is 20.1. The molecule has 4 aromatic rings. The molecule has 1 aromatic heterocycles. The topological polar surface area (TPSA) is 90.7 Å². The lowest BCUT2D eigenvalue weighted by molar-refractivity contribution is 0.0600.